The number of halogens is 1. The van der Waals surface area contributed by atoms with Gasteiger partial charge in [0.15, 0.2) is 6.10 Å². The van der Waals surface area contributed by atoms with Crippen LogP contribution in [0.1, 0.15) is 6.92 Å². The maximum absolute atomic E-state index is 10.3. The van der Waals surface area contributed by atoms with Crippen molar-refractivity contribution < 1.29 is 14.6 Å². The van der Waals surface area contributed by atoms with E-state index in [4.69, 9.17) is 9.84 Å². The summed E-state index contributed by atoms with van der Waals surface area (Å²) < 4.78 is 5.09. The third-order valence-corrected chi connectivity index (χ3v) is 1.43. The van der Waals surface area contributed by atoms with Crippen LogP contribution < -0.4 is 5.32 Å². The highest BCUT2D eigenvalue weighted by atomic mass is 35.5. The predicted molar refractivity (Wildman–Crippen MR) is 42.1 cm³/mol. The number of carboxylic acid groups (broad SMARTS) is 1. The molecule has 0 unspecified atom stereocenters. The van der Waals surface area contributed by atoms with Gasteiger partial charge in [0.05, 0.1) is 6.10 Å². The van der Waals surface area contributed by atoms with Crippen LogP contribution in [-0.4, -0.2) is 36.4 Å². The number of rotatable bonds is 1. The van der Waals surface area contributed by atoms with Crippen molar-refractivity contribution in [3.05, 3.63) is 0 Å². The number of nitrogens with one attached hydrogen (secondary N) is 1. The molecule has 0 spiro atoms. The lowest BCUT2D eigenvalue weighted by Gasteiger charge is -2.25. The first-order valence-electron chi connectivity index (χ1n) is 3.29. The van der Waals surface area contributed by atoms with Gasteiger partial charge in [-0.1, -0.05) is 0 Å². The Labute approximate surface area is 71.3 Å². The average Bonchev–Trinajstić information content (AvgIpc) is 1.88. The minimum Gasteiger partial charge on any atom is -0.479 e. The Kier molecular flexibility index (Phi) is 4.40. The zero-order valence-electron chi connectivity index (χ0n) is 6.24. The van der Waals surface area contributed by atoms with E-state index in [1.807, 2.05) is 6.92 Å². The van der Waals surface area contributed by atoms with Crippen LogP contribution in [0.5, 0.6) is 0 Å². The summed E-state index contributed by atoms with van der Waals surface area (Å²) in [5, 5.41) is 11.5. The van der Waals surface area contributed by atoms with Crippen molar-refractivity contribution in [1.82, 2.24) is 5.32 Å². The number of hydrogen-bond donors (Lipinski definition) is 2. The van der Waals surface area contributed by atoms with Crippen molar-refractivity contribution in [2.75, 3.05) is 13.1 Å². The van der Waals surface area contributed by atoms with Gasteiger partial charge >= 0.3 is 5.97 Å². The standard InChI is InChI=1S/C6H11NO3.ClH/c1-4-2-7-3-5(10-4)6(8)9;/h4-5,7H,2-3H2,1H3,(H,8,9);1H/t4-,5+;/m1./s1. The average molecular weight is 182 g/mol. The van der Waals surface area contributed by atoms with Crippen molar-refractivity contribution in [3.63, 3.8) is 0 Å². The maximum atomic E-state index is 10.3. The smallest absolute Gasteiger partial charge is 0.334 e. The second-order valence-corrected chi connectivity index (χ2v) is 2.43. The largest absolute Gasteiger partial charge is 0.479 e. The van der Waals surface area contributed by atoms with E-state index < -0.39 is 12.1 Å². The molecule has 1 aliphatic heterocycles. The molecule has 0 bridgehead atoms. The molecule has 0 amide bonds. The molecule has 2 N–H and O–H groups in total. The molecule has 1 heterocycles. The van der Waals surface area contributed by atoms with E-state index in [-0.39, 0.29) is 18.5 Å². The first kappa shape index (κ1) is 10.7. The van der Waals surface area contributed by atoms with Gasteiger partial charge in [-0.25, -0.2) is 4.79 Å². The number of carboxylic acids is 1. The van der Waals surface area contributed by atoms with Crippen molar-refractivity contribution in [3.8, 4) is 0 Å². The van der Waals surface area contributed by atoms with E-state index >= 15 is 0 Å². The molecule has 4 nitrogen and oxygen atoms in total. The quantitative estimate of drug-likeness (QED) is 0.592. The Morgan fingerprint density at radius 2 is 2.27 bits per heavy atom. The van der Waals surface area contributed by atoms with Crippen LogP contribution in [0.15, 0.2) is 0 Å². The summed E-state index contributed by atoms with van der Waals surface area (Å²) >= 11 is 0. The monoisotopic (exact) mass is 181 g/mol. The van der Waals surface area contributed by atoms with Crippen LogP contribution in [0.3, 0.4) is 0 Å². The Bertz CT molecular complexity index is 142. The molecule has 1 aliphatic rings. The zero-order chi connectivity index (χ0) is 7.56. The fraction of sp³-hybridized carbons (Fsp3) is 0.833. The third kappa shape index (κ3) is 3.05. The van der Waals surface area contributed by atoms with Crippen molar-refractivity contribution in [2.24, 2.45) is 0 Å². The highest BCUT2D eigenvalue weighted by molar-refractivity contribution is 5.85. The molecule has 0 aromatic carbocycles. The molecule has 1 rings (SSSR count). The minimum absolute atomic E-state index is 0. The Balaban J connectivity index is 0.000001000. The van der Waals surface area contributed by atoms with Crippen molar-refractivity contribution in [2.45, 2.75) is 19.1 Å². The van der Waals surface area contributed by atoms with E-state index in [0.29, 0.717) is 6.54 Å². The second-order valence-electron chi connectivity index (χ2n) is 2.43. The van der Waals surface area contributed by atoms with Crippen LogP contribution in [0.25, 0.3) is 0 Å². The van der Waals surface area contributed by atoms with E-state index in [0.717, 1.165) is 6.54 Å². The maximum Gasteiger partial charge on any atom is 0.334 e. The first-order valence-corrected chi connectivity index (χ1v) is 3.29. The number of carbonyl (C=O) groups is 1. The predicted octanol–water partition coefficient (Wildman–Crippen LogP) is -0.130. The molecule has 1 fully saturated rings. The van der Waals surface area contributed by atoms with Gasteiger partial charge < -0.3 is 15.2 Å². The number of aliphatic carboxylic acids is 1. The third-order valence-electron chi connectivity index (χ3n) is 1.43. The van der Waals surface area contributed by atoms with Gasteiger partial charge in [0.1, 0.15) is 0 Å². The van der Waals surface area contributed by atoms with Gasteiger partial charge in [-0.05, 0) is 6.92 Å². The topological polar surface area (TPSA) is 58.6 Å². The normalized spacial score (nSPS) is 30.6. The van der Waals surface area contributed by atoms with E-state index in [2.05, 4.69) is 5.32 Å². The molecular weight excluding hydrogens is 170 g/mol. The number of ether oxygens (including phenoxy) is 1. The van der Waals surface area contributed by atoms with Crippen LogP contribution in [-0.2, 0) is 9.53 Å². The van der Waals surface area contributed by atoms with Crippen LogP contribution in [0.2, 0.25) is 0 Å². The Morgan fingerprint density at radius 1 is 1.64 bits per heavy atom. The van der Waals surface area contributed by atoms with Crippen LogP contribution >= 0.6 is 12.4 Å². The first-order chi connectivity index (χ1) is 4.70. The van der Waals surface area contributed by atoms with Crippen molar-refractivity contribution >= 4 is 18.4 Å². The summed E-state index contributed by atoms with van der Waals surface area (Å²) in [7, 11) is 0. The summed E-state index contributed by atoms with van der Waals surface area (Å²) in [6.45, 7) is 3.01. The molecule has 0 radical (unpaired) electrons. The van der Waals surface area contributed by atoms with Gasteiger partial charge in [-0.2, -0.15) is 0 Å². The lowest BCUT2D eigenvalue weighted by molar-refractivity contribution is -0.156. The van der Waals surface area contributed by atoms with E-state index in [1.54, 1.807) is 0 Å². The van der Waals surface area contributed by atoms with Gasteiger partial charge in [0, 0.05) is 13.1 Å². The number of hydrogen-bond acceptors (Lipinski definition) is 3. The fourth-order valence-electron chi connectivity index (χ4n) is 0.940. The molecule has 0 aromatic heterocycles. The van der Waals surface area contributed by atoms with Crippen LogP contribution in [0.4, 0.5) is 0 Å². The summed E-state index contributed by atoms with van der Waals surface area (Å²) in [5.74, 6) is -0.890. The Hall–Kier alpha value is -0.320. The molecule has 0 aromatic rings. The Morgan fingerprint density at radius 3 is 2.64 bits per heavy atom. The highest BCUT2D eigenvalue weighted by Crippen LogP contribution is 2.02. The SMILES string of the molecule is C[C@@H]1CNC[C@@H](C(=O)O)O1.Cl. The second kappa shape index (κ2) is 4.54. The zero-order valence-corrected chi connectivity index (χ0v) is 7.06. The molecule has 5 heteroatoms. The molecule has 0 aliphatic carbocycles. The molecule has 11 heavy (non-hydrogen) atoms. The molecule has 2 atom stereocenters. The van der Waals surface area contributed by atoms with E-state index in [1.165, 1.54) is 0 Å². The van der Waals surface area contributed by atoms with Gasteiger partial charge in [0.25, 0.3) is 0 Å². The van der Waals surface area contributed by atoms with Gasteiger partial charge in [-0.3, -0.25) is 0 Å². The van der Waals surface area contributed by atoms with Crippen molar-refractivity contribution in [1.29, 1.82) is 0 Å². The van der Waals surface area contributed by atoms with E-state index in [9.17, 15) is 4.79 Å². The summed E-state index contributed by atoms with van der Waals surface area (Å²) in [6.07, 6.45) is -0.654. The minimum atomic E-state index is -0.890. The van der Waals surface area contributed by atoms with Crippen LogP contribution in [0, 0.1) is 0 Å². The summed E-state index contributed by atoms with van der Waals surface area (Å²) in [4.78, 5) is 10.3. The molecular formula is C6H12ClNO3. The summed E-state index contributed by atoms with van der Waals surface area (Å²) in [5.41, 5.74) is 0. The van der Waals surface area contributed by atoms with Gasteiger partial charge in [0.2, 0.25) is 0 Å². The summed E-state index contributed by atoms with van der Waals surface area (Å²) in [6, 6.07) is 0. The lowest BCUT2D eigenvalue weighted by atomic mass is 10.2. The molecule has 66 valence electrons. The number of morpholine rings is 1. The lowest BCUT2D eigenvalue weighted by Crippen LogP contribution is -2.46. The molecule has 0 saturated carbocycles. The highest BCUT2D eigenvalue weighted by Gasteiger charge is 2.24. The molecule has 1 saturated heterocycles. The fourth-order valence-corrected chi connectivity index (χ4v) is 0.940. The van der Waals surface area contributed by atoms with Gasteiger partial charge in [-0.15, -0.1) is 12.4 Å².